The molecule has 2 aliphatic carbocycles. The van der Waals surface area contributed by atoms with Crippen molar-refractivity contribution in [2.24, 2.45) is 11.8 Å². The third-order valence-corrected chi connectivity index (χ3v) is 5.55. The molecule has 27 heavy (non-hydrogen) atoms. The Morgan fingerprint density at radius 2 is 1.81 bits per heavy atom. The van der Waals surface area contributed by atoms with Gasteiger partial charge in [-0.3, -0.25) is 9.59 Å². The van der Waals surface area contributed by atoms with Crippen LogP contribution in [0.5, 0.6) is 0 Å². The predicted molar refractivity (Wildman–Crippen MR) is 100 cm³/mol. The average molecular weight is 365 g/mol. The lowest BCUT2D eigenvalue weighted by Gasteiger charge is -2.12. The number of hydrogen-bond donors (Lipinski definition) is 3. The van der Waals surface area contributed by atoms with Crippen LogP contribution in [-0.4, -0.2) is 41.1 Å². The summed E-state index contributed by atoms with van der Waals surface area (Å²) >= 11 is 0. The first-order valence-electron chi connectivity index (χ1n) is 9.31. The van der Waals surface area contributed by atoms with Crippen molar-refractivity contribution in [1.29, 1.82) is 0 Å². The summed E-state index contributed by atoms with van der Waals surface area (Å²) in [5, 5.41) is 15.3. The molecule has 140 valence electrons. The summed E-state index contributed by atoms with van der Waals surface area (Å²) in [5.41, 5.74) is 2.43. The van der Waals surface area contributed by atoms with Crippen molar-refractivity contribution >= 4 is 11.8 Å². The fraction of sp³-hybridized carbons (Fsp3) is 0.381. The number of nitrogens with zero attached hydrogens (tertiary/aromatic N) is 1. The molecule has 0 radical (unpaired) electrons. The molecule has 0 saturated heterocycles. The smallest absolute Gasteiger partial charge is 0.269 e. The molecular formula is C21H23N3O3. The third-order valence-electron chi connectivity index (χ3n) is 5.55. The van der Waals surface area contributed by atoms with Gasteiger partial charge in [-0.1, -0.05) is 30.3 Å². The molecule has 2 unspecified atom stereocenters. The minimum absolute atomic E-state index is 0.134. The number of fused-ring (bicyclic) bond motifs is 1. The molecule has 0 aliphatic heterocycles. The van der Waals surface area contributed by atoms with Gasteiger partial charge in [-0.15, -0.1) is 0 Å². The molecular weight excluding hydrogens is 342 g/mol. The van der Waals surface area contributed by atoms with Crippen molar-refractivity contribution in [3.63, 3.8) is 0 Å². The van der Waals surface area contributed by atoms with Crippen LogP contribution in [-0.2, 0) is 6.42 Å². The van der Waals surface area contributed by atoms with Crippen LogP contribution in [0.2, 0.25) is 0 Å². The zero-order valence-electron chi connectivity index (χ0n) is 15.2. The van der Waals surface area contributed by atoms with Crippen molar-refractivity contribution in [2.45, 2.75) is 31.4 Å². The summed E-state index contributed by atoms with van der Waals surface area (Å²) in [4.78, 5) is 29.3. The number of aromatic nitrogens is 1. The molecule has 4 rings (SSSR count). The van der Waals surface area contributed by atoms with E-state index in [9.17, 15) is 14.7 Å². The highest BCUT2D eigenvalue weighted by atomic mass is 16.3. The number of hydrogen-bond acceptors (Lipinski definition) is 4. The average Bonchev–Trinajstić information content (AvgIpc) is 3.12. The Balaban J connectivity index is 1.54. The first-order chi connectivity index (χ1) is 13.0. The maximum absolute atomic E-state index is 12.7. The van der Waals surface area contributed by atoms with Crippen LogP contribution in [0.15, 0.2) is 42.5 Å². The summed E-state index contributed by atoms with van der Waals surface area (Å²) in [6.07, 6.45) is 1.84. The lowest BCUT2D eigenvalue weighted by molar-refractivity contribution is 0.0936. The van der Waals surface area contributed by atoms with Gasteiger partial charge in [0, 0.05) is 30.8 Å². The highest BCUT2D eigenvalue weighted by Gasteiger charge is 2.56. The van der Waals surface area contributed by atoms with Crippen molar-refractivity contribution in [1.82, 2.24) is 15.6 Å². The van der Waals surface area contributed by atoms with E-state index in [1.165, 1.54) is 6.07 Å². The minimum atomic E-state index is -0.314. The number of amides is 2. The summed E-state index contributed by atoms with van der Waals surface area (Å²) in [5.74, 6) is 0.261. The Bertz CT molecular complexity index is 856. The molecule has 0 spiro atoms. The predicted octanol–water partition coefficient (Wildman–Crippen LogP) is 1.53. The highest BCUT2D eigenvalue weighted by molar-refractivity contribution is 5.98. The molecule has 1 heterocycles. The number of benzene rings is 1. The Hall–Kier alpha value is -2.73. The van der Waals surface area contributed by atoms with Gasteiger partial charge in [0.2, 0.25) is 0 Å². The van der Waals surface area contributed by atoms with Gasteiger partial charge in [0.15, 0.2) is 0 Å². The van der Waals surface area contributed by atoms with Crippen LogP contribution in [0.1, 0.15) is 44.9 Å². The summed E-state index contributed by atoms with van der Waals surface area (Å²) in [7, 11) is 1.55. The van der Waals surface area contributed by atoms with E-state index in [0.29, 0.717) is 29.5 Å². The SMILES string of the molecule is CNC(=O)c1cc(C(=O)NC2[C@H]3CC(O)C[C@@H]23)cc(Cc2ccccc2)n1. The summed E-state index contributed by atoms with van der Waals surface area (Å²) < 4.78 is 0. The van der Waals surface area contributed by atoms with E-state index in [-0.39, 0.29) is 29.7 Å². The van der Waals surface area contributed by atoms with Crippen LogP contribution < -0.4 is 10.6 Å². The molecule has 0 bridgehead atoms. The fourth-order valence-electron chi connectivity index (χ4n) is 4.12. The second kappa shape index (κ2) is 7.12. The van der Waals surface area contributed by atoms with Crippen LogP contribution in [0.3, 0.4) is 0 Å². The normalized spacial score (nSPS) is 25.6. The first kappa shape index (κ1) is 17.7. The molecule has 2 aliphatic rings. The number of rotatable bonds is 5. The topological polar surface area (TPSA) is 91.3 Å². The lowest BCUT2D eigenvalue weighted by atomic mass is 10.1. The molecule has 1 aromatic carbocycles. The van der Waals surface area contributed by atoms with Crippen LogP contribution in [0, 0.1) is 11.8 Å². The zero-order chi connectivity index (χ0) is 19.0. The number of carbonyl (C=O) groups is 2. The molecule has 6 nitrogen and oxygen atoms in total. The molecule has 1 aromatic heterocycles. The van der Waals surface area contributed by atoms with Gasteiger partial charge < -0.3 is 15.7 Å². The van der Waals surface area contributed by atoms with Gasteiger partial charge in [-0.25, -0.2) is 4.98 Å². The van der Waals surface area contributed by atoms with Gasteiger partial charge in [-0.2, -0.15) is 0 Å². The fourth-order valence-corrected chi connectivity index (χ4v) is 4.12. The van der Waals surface area contributed by atoms with Crippen LogP contribution >= 0.6 is 0 Å². The monoisotopic (exact) mass is 365 g/mol. The number of pyridine rings is 1. The van der Waals surface area contributed by atoms with E-state index < -0.39 is 0 Å². The number of carbonyl (C=O) groups excluding carboxylic acids is 2. The van der Waals surface area contributed by atoms with Crippen molar-refractivity contribution in [3.8, 4) is 0 Å². The van der Waals surface area contributed by atoms with E-state index in [4.69, 9.17) is 0 Å². The molecule has 2 saturated carbocycles. The Morgan fingerprint density at radius 3 is 2.48 bits per heavy atom. The van der Waals surface area contributed by atoms with E-state index in [1.54, 1.807) is 13.1 Å². The van der Waals surface area contributed by atoms with Gasteiger partial charge in [0.05, 0.1) is 6.10 Å². The minimum Gasteiger partial charge on any atom is -0.393 e. The maximum Gasteiger partial charge on any atom is 0.269 e. The lowest BCUT2D eigenvalue weighted by Crippen LogP contribution is -2.30. The standard InChI is InChI=1S/C21H23N3O3/c1-22-21(27)18-9-13(8-14(23-18)7-12-5-3-2-4-6-12)20(26)24-19-16-10-15(25)11-17(16)19/h2-6,8-9,15-17,19,25H,7,10-11H2,1H3,(H,22,27)(H,24,26)/t15?,16-,17+,19?. The number of nitrogens with one attached hydrogen (secondary N) is 2. The molecule has 2 amide bonds. The van der Waals surface area contributed by atoms with Gasteiger partial charge >= 0.3 is 0 Å². The Morgan fingerprint density at radius 1 is 1.11 bits per heavy atom. The highest BCUT2D eigenvalue weighted by Crippen LogP contribution is 2.52. The second-order valence-corrected chi connectivity index (χ2v) is 7.43. The van der Waals surface area contributed by atoms with Gasteiger partial charge in [0.25, 0.3) is 11.8 Å². The molecule has 4 atom stereocenters. The summed E-state index contributed by atoms with van der Waals surface area (Å²) in [6, 6.07) is 13.3. The van der Waals surface area contributed by atoms with Gasteiger partial charge in [0.1, 0.15) is 5.69 Å². The van der Waals surface area contributed by atoms with Crippen LogP contribution in [0.4, 0.5) is 0 Å². The third kappa shape index (κ3) is 3.71. The second-order valence-electron chi connectivity index (χ2n) is 7.43. The van der Waals surface area contributed by atoms with Crippen molar-refractivity contribution in [2.75, 3.05) is 7.05 Å². The van der Waals surface area contributed by atoms with E-state index in [2.05, 4.69) is 15.6 Å². The first-order valence-corrected chi connectivity index (χ1v) is 9.31. The summed E-state index contributed by atoms with van der Waals surface area (Å²) in [6.45, 7) is 0. The number of aliphatic hydroxyl groups is 1. The van der Waals surface area contributed by atoms with E-state index in [1.807, 2.05) is 30.3 Å². The largest absolute Gasteiger partial charge is 0.393 e. The van der Waals surface area contributed by atoms with Crippen molar-refractivity contribution < 1.29 is 14.7 Å². The van der Waals surface area contributed by atoms with Crippen LogP contribution in [0.25, 0.3) is 0 Å². The van der Waals surface area contributed by atoms with E-state index >= 15 is 0 Å². The molecule has 3 N–H and O–H groups in total. The van der Waals surface area contributed by atoms with Gasteiger partial charge in [-0.05, 0) is 42.4 Å². The molecule has 2 fully saturated rings. The van der Waals surface area contributed by atoms with Crippen molar-refractivity contribution in [3.05, 3.63) is 65.0 Å². The zero-order valence-corrected chi connectivity index (χ0v) is 15.2. The molecule has 6 heteroatoms. The quantitative estimate of drug-likeness (QED) is 0.749. The maximum atomic E-state index is 12.7. The Kier molecular flexibility index (Phi) is 4.66. The molecule has 2 aromatic rings. The van der Waals surface area contributed by atoms with E-state index in [0.717, 1.165) is 18.4 Å². The number of aliphatic hydroxyl groups excluding tert-OH is 1. The Labute approximate surface area is 158 Å².